The number of aliphatic hydroxyl groups excluding tert-OH is 1. The Morgan fingerprint density at radius 1 is 1.17 bits per heavy atom. The van der Waals surface area contributed by atoms with Crippen LogP contribution >= 0.6 is 0 Å². The maximum atomic E-state index is 8.99. The van der Waals surface area contributed by atoms with Crippen LogP contribution < -0.4 is 4.74 Å². The van der Waals surface area contributed by atoms with Gasteiger partial charge in [-0.25, -0.2) is 0 Å². The maximum Gasteiger partial charge on any atom is 0.120 e. The first-order valence-electron chi connectivity index (χ1n) is 6.14. The van der Waals surface area contributed by atoms with E-state index in [1.165, 1.54) is 0 Å². The van der Waals surface area contributed by atoms with Crippen molar-refractivity contribution in [2.45, 2.75) is 20.8 Å². The molecule has 1 aromatic rings. The lowest BCUT2D eigenvalue weighted by Crippen LogP contribution is -2.12. The molecule has 0 aliphatic heterocycles. The second kappa shape index (κ2) is 6.41. The number of aliphatic hydroxyl groups is 1. The SMILES string of the molecule is C=C(C)c1cc(OCC(C)CO)cc(C(=C)C)c1. The normalized spacial score (nSPS) is 12.0. The van der Waals surface area contributed by atoms with Crippen LogP contribution in [-0.4, -0.2) is 18.3 Å². The van der Waals surface area contributed by atoms with Crippen LogP contribution in [0.25, 0.3) is 11.1 Å². The van der Waals surface area contributed by atoms with Crippen LogP contribution in [0.4, 0.5) is 0 Å². The van der Waals surface area contributed by atoms with E-state index in [2.05, 4.69) is 19.2 Å². The second-order valence-electron chi connectivity index (χ2n) is 4.91. The Hall–Kier alpha value is -1.54. The third kappa shape index (κ3) is 4.04. The molecule has 1 unspecified atom stereocenters. The van der Waals surface area contributed by atoms with Gasteiger partial charge in [0.15, 0.2) is 0 Å². The van der Waals surface area contributed by atoms with Crippen molar-refractivity contribution in [1.29, 1.82) is 0 Å². The predicted molar refractivity (Wildman–Crippen MR) is 77.6 cm³/mol. The molecule has 0 aliphatic carbocycles. The van der Waals surface area contributed by atoms with Crippen molar-refractivity contribution < 1.29 is 9.84 Å². The summed E-state index contributed by atoms with van der Waals surface area (Å²) in [6.45, 7) is 14.4. The molecule has 1 N–H and O–H groups in total. The number of hydrogen-bond donors (Lipinski definition) is 1. The molecule has 0 spiro atoms. The zero-order chi connectivity index (χ0) is 13.7. The highest BCUT2D eigenvalue weighted by Crippen LogP contribution is 2.25. The molecular weight excluding hydrogens is 224 g/mol. The fraction of sp³-hybridized carbons (Fsp3) is 0.375. The molecule has 1 aromatic carbocycles. The van der Waals surface area contributed by atoms with Gasteiger partial charge in [0.25, 0.3) is 0 Å². The molecule has 2 heteroatoms. The van der Waals surface area contributed by atoms with E-state index in [0.29, 0.717) is 6.61 Å². The first kappa shape index (κ1) is 14.5. The first-order chi connectivity index (χ1) is 8.43. The molecule has 0 saturated heterocycles. The van der Waals surface area contributed by atoms with Crippen LogP contribution in [0.1, 0.15) is 31.9 Å². The summed E-state index contributed by atoms with van der Waals surface area (Å²) in [5.74, 6) is 0.931. The lowest BCUT2D eigenvalue weighted by Gasteiger charge is -2.13. The number of rotatable bonds is 6. The number of ether oxygens (including phenoxy) is 1. The third-order valence-electron chi connectivity index (χ3n) is 2.74. The monoisotopic (exact) mass is 246 g/mol. The van der Waals surface area contributed by atoms with Crippen molar-refractivity contribution in [3.63, 3.8) is 0 Å². The van der Waals surface area contributed by atoms with E-state index in [0.717, 1.165) is 28.0 Å². The van der Waals surface area contributed by atoms with E-state index in [1.54, 1.807) is 0 Å². The number of allylic oxidation sites excluding steroid dienone is 2. The molecule has 98 valence electrons. The van der Waals surface area contributed by atoms with E-state index in [9.17, 15) is 0 Å². The van der Waals surface area contributed by atoms with Gasteiger partial charge in [-0.05, 0) is 43.2 Å². The standard InChI is InChI=1S/C16H22O2/c1-11(2)14-6-15(12(3)4)8-16(7-14)18-10-13(5)9-17/h6-8,13,17H,1,3,9-10H2,2,4-5H3. The number of hydrogen-bond acceptors (Lipinski definition) is 2. The Morgan fingerprint density at radius 2 is 1.67 bits per heavy atom. The Labute approximate surface area is 110 Å². The Balaban J connectivity index is 2.96. The van der Waals surface area contributed by atoms with E-state index in [4.69, 9.17) is 9.84 Å². The summed E-state index contributed by atoms with van der Waals surface area (Å²) in [6.07, 6.45) is 0. The molecule has 0 heterocycles. The Bertz CT molecular complexity index is 414. The van der Waals surface area contributed by atoms with Crippen molar-refractivity contribution in [1.82, 2.24) is 0 Å². The van der Waals surface area contributed by atoms with E-state index >= 15 is 0 Å². The van der Waals surface area contributed by atoms with Gasteiger partial charge in [-0.3, -0.25) is 0 Å². The number of benzene rings is 1. The second-order valence-corrected chi connectivity index (χ2v) is 4.91. The van der Waals surface area contributed by atoms with Crippen LogP contribution in [0.3, 0.4) is 0 Å². The average Bonchev–Trinajstić information content (AvgIpc) is 2.35. The predicted octanol–water partition coefficient (Wildman–Crippen LogP) is 3.76. The molecule has 0 radical (unpaired) electrons. The highest BCUT2D eigenvalue weighted by Gasteiger charge is 2.06. The van der Waals surface area contributed by atoms with Crippen LogP contribution in [0.15, 0.2) is 31.4 Å². The van der Waals surface area contributed by atoms with Gasteiger partial charge < -0.3 is 9.84 Å². The van der Waals surface area contributed by atoms with Crippen molar-refractivity contribution in [2.75, 3.05) is 13.2 Å². The third-order valence-corrected chi connectivity index (χ3v) is 2.74. The summed E-state index contributed by atoms with van der Waals surface area (Å²) in [5, 5.41) is 8.99. The van der Waals surface area contributed by atoms with Crippen LogP contribution in [0.5, 0.6) is 5.75 Å². The molecular formula is C16H22O2. The molecule has 1 atom stereocenters. The highest BCUT2D eigenvalue weighted by atomic mass is 16.5. The molecule has 0 bridgehead atoms. The molecule has 0 aliphatic rings. The zero-order valence-electron chi connectivity index (χ0n) is 11.5. The molecule has 0 aromatic heterocycles. The summed E-state index contributed by atoms with van der Waals surface area (Å²) < 4.78 is 5.70. The first-order valence-corrected chi connectivity index (χ1v) is 6.14. The van der Waals surface area contributed by atoms with Crippen LogP contribution in [0.2, 0.25) is 0 Å². The van der Waals surface area contributed by atoms with E-state index in [-0.39, 0.29) is 12.5 Å². The summed E-state index contributed by atoms with van der Waals surface area (Å²) in [6, 6.07) is 6.00. The van der Waals surface area contributed by atoms with E-state index in [1.807, 2.05) is 32.9 Å². The van der Waals surface area contributed by atoms with Gasteiger partial charge in [0.1, 0.15) is 5.75 Å². The van der Waals surface area contributed by atoms with E-state index < -0.39 is 0 Å². The maximum absolute atomic E-state index is 8.99. The van der Waals surface area contributed by atoms with Gasteiger partial charge in [0.2, 0.25) is 0 Å². The molecule has 18 heavy (non-hydrogen) atoms. The minimum atomic E-state index is 0.131. The van der Waals surface area contributed by atoms with Gasteiger partial charge in [-0.2, -0.15) is 0 Å². The summed E-state index contributed by atoms with van der Waals surface area (Å²) in [5.41, 5.74) is 4.11. The summed E-state index contributed by atoms with van der Waals surface area (Å²) >= 11 is 0. The lowest BCUT2D eigenvalue weighted by molar-refractivity contribution is 0.174. The molecule has 0 amide bonds. The van der Waals surface area contributed by atoms with Crippen LogP contribution in [-0.2, 0) is 0 Å². The zero-order valence-corrected chi connectivity index (χ0v) is 11.5. The highest BCUT2D eigenvalue weighted by molar-refractivity contribution is 5.70. The Morgan fingerprint density at radius 3 is 2.06 bits per heavy atom. The fourth-order valence-electron chi connectivity index (χ4n) is 1.47. The topological polar surface area (TPSA) is 29.5 Å². The van der Waals surface area contributed by atoms with Gasteiger partial charge >= 0.3 is 0 Å². The van der Waals surface area contributed by atoms with Crippen molar-refractivity contribution in [3.8, 4) is 5.75 Å². The Kier molecular flexibility index (Phi) is 5.17. The molecule has 1 rings (SSSR count). The quantitative estimate of drug-likeness (QED) is 0.828. The smallest absolute Gasteiger partial charge is 0.120 e. The van der Waals surface area contributed by atoms with Crippen molar-refractivity contribution in [3.05, 3.63) is 42.5 Å². The fourth-order valence-corrected chi connectivity index (χ4v) is 1.47. The minimum absolute atomic E-state index is 0.131. The summed E-state index contributed by atoms with van der Waals surface area (Å²) in [7, 11) is 0. The van der Waals surface area contributed by atoms with Crippen molar-refractivity contribution >= 4 is 11.1 Å². The van der Waals surface area contributed by atoms with Crippen LogP contribution in [0, 0.1) is 5.92 Å². The molecule has 0 saturated carbocycles. The minimum Gasteiger partial charge on any atom is -0.493 e. The van der Waals surface area contributed by atoms with Gasteiger partial charge in [0, 0.05) is 12.5 Å². The average molecular weight is 246 g/mol. The molecule has 2 nitrogen and oxygen atoms in total. The largest absolute Gasteiger partial charge is 0.493 e. The lowest BCUT2D eigenvalue weighted by atomic mass is 10.0. The van der Waals surface area contributed by atoms with Gasteiger partial charge in [0.05, 0.1) is 6.61 Å². The van der Waals surface area contributed by atoms with Gasteiger partial charge in [-0.15, -0.1) is 0 Å². The molecule has 0 fully saturated rings. The van der Waals surface area contributed by atoms with Crippen molar-refractivity contribution in [2.24, 2.45) is 5.92 Å². The summed E-state index contributed by atoms with van der Waals surface area (Å²) in [4.78, 5) is 0. The van der Waals surface area contributed by atoms with Gasteiger partial charge in [-0.1, -0.05) is 31.2 Å².